The molecule has 1 aromatic carbocycles. The fourth-order valence-corrected chi connectivity index (χ4v) is 3.10. The number of hydrogen-bond donors (Lipinski definition) is 2. The van der Waals surface area contributed by atoms with Crippen LogP contribution in [-0.2, 0) is 4.79 Å². The Labute approximate surface area is 142 Å². The molecular formula is C17H25ClN2O3. The van der Waals surface area contributed by atoms with Gasteiger partial charge in [-0.2, -0.15) is 0 Å². The predicted octanol–water partition coefficient (Wildman–Crippen LogP) is 3.61. The number of methoxy groups -OCH3 is 2. The fourth-order valence-electron chi connectivity index (χ4n) is 2.87. The maximum absolute atomic E-state index is 12.1. The Morgan fingerprint density at radius 3 is 2.52 bits per heavy atom. The van der Waals surface area contributed by atoms with Gasteiger partial charge in [0.15, 0.2) is 0 Å². The summed E-state index contributed by atoms with van der Waals surface area (Å²) >= 11 is 6.06. The molecule has 0 saturated heterocycles. The first-order valence-corrected chi connectivity index (χ1v) is 8.46. The molecule has 23 heavy (non-hydrogen) atoms. The Balaban J connectivity index is 1.86. The summed E-state index contributed by atoms with van der Waals surface area (Å²) in [5.41, 5.74) is 0.566. The number of amides is 1. The van der Waals surface area contributed by atoms with Crippen molar-refractivity contribution in [3.05, 3.63) is 17.2 Å². The first-order valence-electron chi connectivity index (χ1n) is 8.08. The maximum atomic E-state index is 12.1. The van der Waals surface area contributed by atoms with Gasteiger partial charge in [-0.05, 0) is 12.8 Å². The van der Waals surface area contributed by atoms with Crippen LogP contribution in [0.25, 0.3) is 0 Å². The van der Waals surface area contributed by atoms with Crippen molar-refractivity contribution in [1.29, 1.82) is 0 Å². The Morgan fingerprint density at radius 2 is 1.87 bits per heavy atom. The number of carbonyl (C=O) groups excluding carboxylic acids is 1. The van der Waals surface area contributed by atoms with Crippen molar-refractivity contribution in [3.8, 4) is 11.5 Å². The van der Waals surface area contributed by atoms with Gasteiger partial charge in [0.25, 0.3) is 0 Å². The van der Waals surface area contributed by atoms with E-state index >= 15 is 0 Å². The molecule has 0 aliphatic heterocycles. The normalized spacial score (nSPS) is 15.3. The average molecular weight is 341 g/mol. The molecule has 0 atom stereocenters. The predicted molar refractivity (Wildman–Crippen MR) is 92.7 cm³/mol. The van der Waals surface area contributed by atoms with Crippen LogP contribution < -0.4 is 20.1 Å². The van der Waals surface area contributed by atoms with E-state index in [9.17, 15) is 4.79 Å². The van der Waals surface area contributed by atoms with Crippen LogP contribution in [0.2, 0.25) is 5.02 Å². The van der Waals surface area contributed by atoms with Crippen LogP contribution in [0, 0.1) is 0 Å². The number of anilines is 1. The zero-order valence-electron chi connectivity index (χ0n) is 13.8. The highest BCUT2D eigenvalue weighted by atomic mass is 35.5. The highest BCUT2D eigenvalue weighted by Crippen LogP contribution is 2.35. The molecule has 0 aromatic heterocycles. The summed E-state index contributed by atoms with van der Waals surface area (Å²) in [4.78, 5) is 12.1. The molecule has 1 aliphatic carbocycles. The molecule has 0 spiro atoms. The van der Waals surface area contributed by atoms with Crippen molar-refractivity contribution in [2.45, 2.75) is 44.6 Å². The van der Waals surface area contributed by atoms with Gasteiger partial charge in [0, 0.05) is 31.1 Å². The van der Waals surface area contributed by atoms with Crippen LogP contribution in [0.3, 0.4) is 0 Å². The van der Waals surface area contributed by atoms with Gasteiger partial charge in [-0.25, -0.2) is 0 Å². The summed E-state index contributed by atoms with van der Waals surface area (Å²) < 4.78 is 10.4. The lowest BCUT2D eigenvalue weighted by Gasteiger charge is -2.22. The molecule has 1 fully saturated rings. The summed E-state index contributed by atoms with van der Waals surface area (Å²) in [6, 6.07) is 3.87. The lowest BCUT2D eigenvalue weighted by atomic mass is 9.95. The molecule has 128 valence electrons. The molecule has 0 bridgehead atoms. The topological polar surface area (TPSA) is 59.6 Å². The van der Waals surface area contributed by atoms with Crippen molar-refractivity contribution < 1.29 is 14.3 Å². The maximum Gasteiger partial charge on any atom is 0.225 e. The van der Waals surface area contributed by atoms with Gasteiger partial charge in [-0.3, -0.25) is 4.79 Å². The minimum atomic E-state index is -0.0593. The van der Waals surface area contributed by atoms with Gasteiger partial charge in [0.1, 0.15) is 11.5 Å². The molecule has 0 radical (unpaired) electrons. The Hall–Kier alpha value is -1.46. The molecule has 2 rings (SSSR count). The zero-order chi connectivity index (χ0) is 16.7. The summed E-state index contributed by atoms with van der Waals surface area (Å²) in [5.74, 6) is 0.962. The minimum Gasteiger partial charge on any atom is -0.495 e. The van der Waals surface area contributed by atoms with E-state index in [-0.39, 0.29) is 5.91 Å². The van der Waals surface area contributed by atoms with E-state index < -0.39 is 0 Å². The first-order chi connectivity index (χ1) is 11.1. The van der Waals surface area contributed by atoms with Crippen LogP contribution in [0.1, 0.15) is 38.5 Å². The summed E-state index contributed by atoms with van der Waals surface area (Å²) in [7, 11) is 3.08. The van der Waals surface area contributed by atoms with E-state index in [4.69, 9.17) is 21.1 Å². The summed E-state index contributed by atoms with van der Waals surface area (Å²) in [6.07, 6.45) is 6.74. The third-order valence-corrected chi connectivity index (χ3v) is 4.43. The van der Waals surface area contributed by atoms with Crippen molar-refractivity contribution >= 4 is 23.2 Å². The van der Waals surface area contributed by atoms with E-state index in [0.717, 1.165) is 0 Å². The van der Waals surface area contributed by atoms with Crippen LogP contribution in [0.5, 0.6) is 11.5 Å². The number of benzene rings is 1. The molecule has 1 aromatic rings. The molecule has 1 saturated carbocycles. The number of carbonyl (C=O) groups is 1. The largest absolute Gasteiger partial charge is 0.495 e. The third-order valence-electron chi connectivity index (χ3n) is 4.14. The van der Waals surface area contributed by atoms with E-state index in [1.807, 2.05) is 0 Å². The molecule has 1 amide bonds. The van der Waals surface area contributed by atoms with Gasteiger partial charge < -0.3 is 20.1 Å². The Bertz CT molecular complexity index is 531. The number of ether oxygens (including phenoxy) is 2. The fraction of sp³-hybridized carbons (Fsp3) is 0.588. The van der Waals surface area contributed by atoms with E-state index in [0.29, 0.717) is 41.2 Å². The smallest absolute Gasteiger partial charge is 0.225 e. The number of rotatable bonds is 7. The minimum absolute atomic E-state index is 0.0593. The van der Waals surface area contributed by atoms with E-state index in [2.05, 4.69) is 10.6 Å². The molecule has 6 heteroatoms. The molecule has 0 heterocycles. The lowest BCUT2D eigenvalue weighted by molar-refractivity contribution is -0.116. The second kappa shape index (κ2) is 8.99. The summed E-state index contributed by atoms with van der Waals surface area (Å²) in [6.45, 7) is 0.684. The quantitative estimate of drug-likeness (QED) is 0.796. The van der Waals surface area contributed by atoms with Crippen LogP contribution >= 0.6 is 11.6 Å². The summed E-state index contributed by atoms with van der Waals surface area (Å²) in [5, 5.41) is 6.76. The van der Waals surface area contributed by atoms with E-state index in [1.54, 1.807) is 19.2 Å². The molecular weight excluding hydrogens is 316 g/mol. The lowest BCUT2D eigenvalue weighted by Crippen LogP contribution is -2.33. The highest BCUT2D eigenvalue weighted by Gasteiger charge is 2.15. The van der Waals surface area contributed by atoms with Crippen LogP contribution in [0.15, 0.2) is 12.1 Å². The van der Waals surface area contributed by atoms with Crippen LogP contribution in [-0.4, -0.2) is 32.7 Å². The van der Waals surface area contributed by atoms with Gasteiger partial charge in [0.2, 0.25) is 5.91 Å². The monoisotopic (exact) mass is 340 g/mol. The zero-order valence-corrected chi connectivity index (χ0v) is 14.5. The second-order valence-corrected chi connectivity index (χ2v) is 6.18. The SMILES string of the molecule is COc1cc(NC(=O)CCNC2CCCCC2)c(OC)cc1Cl. The average Bonchev–Trinajstić information content (AvgIpc) is 2.57. The van der Waals surface area contributed by atoms with Crippen molar-refractivity contribution in [2.24, 2.45) is 0 Å². The van der Waals surface area contributed by atoms with Gasteiger partial charge in [0.05, 0.1) is 24.9 Å². The number of hydrogen-bond acceptors (Lipinski definition) is 4. The van der Waals surface area contributed by atoms with Crippen molar-refractivity contribution in [1.82, 2.24) is 5.32 Å². The second-order valence-electron chi connectivity index (χ2n) is 5.77. The highest BCUT2D eigenvalue weighted by molar-refractivity contribution is 6.32. The molecule has 5 nitrogen and oxygen atoms in total. The Morgan fingerprint density at radius 1 is 1.17 bits per heavy atom. The first kappa shape index (κ1) is 17.9. The standard InChI is InChI=1S/C17H25ClN2O3/c1-22-15-11-14(16(23-2)10-13(15)18)20-17(21)8-9-19-12-6-4-3-5-7-12/h10-12,19H,3-9H2,1-2H3,(H,20,21). The Kier molecular flexibility index (Phi) is 6.99. The van der Waals surface area contributed by atoms with Crippen molar-refractivity contribution in [2.75, 3.05) is 26.1 Å². The van der Waals surface area contributed by atoms with Gasteiger partial charge in [-0.1, -0.05) is 30.9 Å². The number of nitrogens with one attached hydrogen (secondary N) is 2. The molecule has 0 unspecified atom stereocenters. The van der Waals surface area contributed by atoms with Gasteiger partial charge >= 0.3 is 0 Å². The van der Waals surface area contributed by atoms with Gasteiger partial charge in [-0.15, -0.1) is 0 Å². The van der Waals surface area contributed by atoms with E-state index in [1.165, 1.54) is 39.2 Å². The van der Waals surface area contributed by atoms with Crippen LogP contribution in [0.4, 0.5) is 5.69 Å². The van der Waals surface area contributed by atoms with Crippen molar-refractivity contribution in [3.63, 3.8) is 0 Å². The molecule has 2 N–H and O–H groups in total. The molecule has 1 aliphatic rings. The third kappa shape index (κ3) is 5.29. The number of halogens is 1.